The van der Waals surface area contributed by atoms with Crippen molar-refractivity contribution in [1.82, 2.24) is 0 Å². The topological polar surface area (TPSA) is 0 Å². The molecule has 0 saturated carbocycles. The molecule has 0 rings (SSSR count). The maximum Gasteiger partial charge on any atom is 0.0442 e. The fraction of sp³-hybridized carbons (Fsp3) is 1.00. The van der Waals surface area contributed by atoms with Crippen molar-refractivity contribution in [2.24, 2.45) is 0 Å². The lowest BCUT2D eigenvalue weighted by Crippen LogP contribution is -2.18. The van der Waals surface area contributed by atoms with Crippen LogP contribution in [0.25, 0.3) is 0 Å². The maximum absolute atomic E-state index is 2.48. The van der Waals surface area contributed by atoms with Gasteiger partial charge in [0.25, 0.3) is 0 Å². The van der Waals surface area contributed by atoms with E-state index in [0.29, 0.717) is 0 Å². The van der Waals surface area contributed by atoms with E-state index in [-0.39, 0.29) is 0 Å². The van der Waals surface area contributed by atoms with Crippen molar-refractivity contribution in [3.8, 4) is 0 Å². The van der Waals surface area contributed by atoms with Crippen LogP contribution in [-0.4, -0.2) is 8.07 Å². The van der Waals surface area contributed by atoms with Crippen LogP contribution in [0.15, 0.2) is 0 Å². The van der Waals surface area contributed by atoms with Crippen molar-refractivity contribution in [2.45, 2.75) is 77.6 Å². The molecule has 13 heavy (non-hydrogen) atoms. The maximum atomic E-state index is 2.48. The lowest BCUT2D eigenvalue weighted by Gasteiger charge is -2.14. The molecule has 0 radical (unpaired) electrons. The molecule has 0 spiro atoms. The number of rotatable bonds is 8. The summed E-state index contributed by atoms with van der Waals surface area (Å²) in [7, 11) is -0.733. The third-order valence-electron chi connectivity index (χ3n) is 2.53. The molecule has 0 aliphatic heterocycles. The van der Waals surface area contributed by atoms with Gasteiger partial charge in [-0.25, -0.2) is 0 Å². The Morgan fingerprint density at radius 2 is 1.15 bits per heavy atom. The average molecular weight is 200 g/mol. The number of hydrogen-bond donors (Lipinski definition) is 0. The number of hydrogen-bond acceptors (Lipinski definition) is 0. The molecule has 80 valence electrons. The molecule has 0 aromatic rings. The van der Waals surface area contributed by atoms with Gasteiger partial charge in [0.2, 0.25) is 0 Å². The zero-order valence-electron chi connectivity index (χ0n) is 10.2. The zero-order chi connectivity index (χ0) is 10.2. The summed E-state index contributed by atoms with van der Waals surface area (Å²) in [5.41, 5.74) is 0. The van der Waals surface area contributed by atoms with Gasteiger partial charge >= 0.3 is 0 Å². The minimum Gasteiger partial charge on any atom is -0.0695 e. The van der Waals surface area contributed by atoms with Crippen LogP contribution in [0.4, 0.5) is 0 Å². The fourth-order valence-electron chi connectivity index (χ4n) is 1.61. The molecule has 0 aromatic carbocycles. The van der Waals surface area contributed by atoms with Crippen molar-refractivity contribution in [1.29, 1.82) is 0 Å². The lowest BCUT2D eigenvalue weighted by atomic mass is 10.1. The van der Waals surface area contributed by atoms with Gasteiger partial charge in [0, 0.05) is 8.07 Å². The molecule has 0 aliphatic rings. The molecule has 0 amide bonds. The van der Waals surface area contributed by atoms with Gasteiger partial charge in [-0.2, -0.15) is 0 Å². The summed E-state index contributed by atoms with van der Waals surface area (Å²) < 4.78 is 0. The van der Waals surface area contributed by atoms with Crippen LogP contribution in [0.5, 0.6) is 0 Å². The molecule has 0 atom stereocenters. The molecule has 0 saturated heterocycles. The minimum atomic E-state index is -0.733. The predicted octanol–water partition coefficient (Wildman–Crippen LogP) is 5.08. The summed E-state index contributed by atoms with van der Waals surface area (Å²) in [6, 6.07) is 1.53. The summed E-state index contributed by atoms with van der Waals surface area (Å²) >= 11 is 0. The van der Waals surface area contributed by atoms with E-state index in [1.165, 1.54) is 51.0 Å². The van der Waals surface area contributed by atoms with Crippen molar-refractivity contribution >= 4 is 8.07 Å². The summed E-state index contributed by atoms with van der Waals surface area (Å²) in [5.74, 6) is 0. The Morgan fingerprint density at radius 1 is 0.692 bits per heavy atom. The smallest absolute Gasteiger partial charge is 0.0442 e. The molecule has 0 aliphatic carbocycles. The van der Waals surface area contributed by atoms with Gasteiger partial charge in [0.05, 0.1) is 0 Å². The molecule has 0 unspecified atom stereocenters. The van der Waals surface area contributed by atoms with Crippen LogP contribution in [0, 0.1) is 0 Å². The van der Waals surface area contributed by atoms with Crippen molar-refractivity contribution in [2.75, 3.05) is 0 Å². The first-order chi connectivity index (χ1) is 6.06. The summed E-state index contributed by atoms with van der Waals surface area (Å²) in [4.78, 5) is 0. The number of unbranched alkanes of at least 4 members (excludes halogenated alkanes) is 6. The molecule has 0 fully saturated rings. The van der Waals surface area contributed by atoms with E-state index >= 15 is 0 Å². The van der Waals surface area contributed by atoms with Crippen LogP contribution in [0.2, 0.25) is 25.7 Å². The summed E-state index contributed by atoms with van der Waals surface area (Å²) in [6.07, 6.45) is 10.2. The SMILES string of the molecule is CCCCCCCCC[Si](C)(C)C. The molecule has 0 bridgehead atoms. The normalized spacial score (nSPS) is 12.0. The average Bonchev–Trinajstić information content (AvgIpc) is 2.01. The van der Waals surface area contributed by atoms with Crippen molar-refractivity contribution < 1.29 is 0 Å². The molecule has 0 N–H and O–H groups in total. The lowest BCUT2D eigenvalue weighted by molar-refractivity contribution is 0.600. The monoisotopic (exact) mass is 200 g/mol. The molecule has 1 heteroatoms. The van der Waals surface area contributed by atoms with Gasteiger partial charge in [-0.1, -0.05) is 77.6 Å². The first kappa shape index (κ1) is 13.2. The van der Waals surface area contributed by atoms with Gasteiger partial charge in [0.15, 0.2) is 0 Å². The predicted molar refractivity (Wildman–Crippen MR) is 66.1 cm³/mol. The van der Waals surface area contributed by atoms with Crippen LogP contribution < -0.4 is 0 Å². The molecular formula is C12H28Si. The second kappa shape index (κ2) is 7.60. The third kappa shape index (κ3) is 12.2. The molecule has 0 heterocycles. The molecular weight excluding hydrogens is 172 g/mol. The van der Waals surface area contributed by atoms with E-state index in [2.05, 4.69) is 26.6 Å². The fourth-order valence-corrected chi connectivity index (χ4v) is 2.92. The van der Waals surface area contributed by atoms with Crippen LogP contribution >= 0.6 is 0 Å². The minimum absolute atomic E-state index is 0.733. The highest BCUT2D eigenvalue weighted by molar-refractivity contribution is 6.76. The zero-order valence-corrected chi connectivity index (χ0v) is 11.2. The quantitative estimate of drug-likeness (QED) is 0.379. The van der Waals surface area contributed by atoms with Crippen LogP contribution in [0.3, 0.4) is 0 Å². The van der Waals surface area contributed by atoms with Gasteiger partial charge in [-0.3, -0.25) is 0 Å². The van der Waals surface area contributed by atoms with Gasteiger partial charge in [-0.15, -0.1) is 0 Å². The second-order valence-corrected chi connectivity index (χ2v) is 11.1. The highest BCUT2D eigenvalue weighted by Crippen LogP contribution is 2.15. The van der Waals surface area contributed by atoms with Crippen LogP contribution in [0.1, 0.15) is 51.9 Å². The summed E-state index contributed by atoms with van der Waals surface area (Å²) in [6.45, 7) is 9.71. The Kier molecular flexibility index (Phi) is 7.73. The van der Waals surface area contributed by atoms with E-state index < -0.39 is 8.07 Å². The van der Waals surface area contributed by atoms with E-state index in [1.807, 2.05) is 0 Å². The molecule has 0 nitrogen and oxygen atoms in total. The first-order valence-corrected chi connectivity index (χ1v) is 9.77. The van der Waals surface area contributed by atoms with Crippen molar-refractivity contribution in [3.63, 3.8) is 0 Å². The van der Waals surface area contributed by atoms with Crippen molar-refractivity contribution in [3.05, 3.63) is 0 Å². The van der Waals surface area contributed by atoms with E-state index in [1.54, 1.807) is 0 Å². The Labute approximate surface area is 86.1 Å². The first-order valence-electron chi connectivity index (χ1n) is 6.06. The van der Waals surface area contributed by atoms with Gasteiger partial charge < -0.3 is 0 Å². The van der Waals surface area contributed by atoms with E-state index in [9.17, 15) is 0 Å². The van der Waals surface area contributed by atoms with Gasteiger partial charge in [-0.05, 0) is 0 Å². The van der Waals surface area contributed by atoms with Crippen LogP contribution in [-0.2, 0) is 0 Å². The second-order valence-electron chi connectivity index (χ2n) is 5.43. The largest absolute Gasteiger partial charge is 0.0695 e. The Morgan fingerprint density at radius 3 is 1.62 bits per heavy atom. The summed E-state index contributed by atoms with van der Waals surface area (Å²) in [5, 5.41) is 0. The highest BCUT2D eigenvalue weighted by atomic mass is 28.3. The highest BCUT2D eigenvalue weighted by Gasteiger charge is 2.11. The Balaban J connectivity index is 3.00. The van der Waals surface area contributed by atoms with E-state index in [4.69, 9.17) is 0 Å². The Bertz CT molecular complexity index is 102. The Hall–Kier alpha value is 0.217. The third-order valence-corrected chi connectivity index (χ3v) is 4.38. The van der Waals surface area contributed by atoms with E-state index in [0.717, 1.165) is 0 Å². The molecule has 0 aromatic heterocycles. The van der Waals surface area contributed by atoms with Gasteiger partial charge in [0.1, 0.15) is 0 Å². The standard InChI is InChI=1S/C12H28Si/c1-5-6-7-8-9-10-11-12-13(2,3)4/h5-12H2,1-4H3.